The van der Waals surface area contributed by atoms with Gasteiger partial charge in [-0.2, -0.15) is 0 Å². The van der Waals surface area contributed by atoms with Gasteiger partial charge in [0.2, 0.25) is 0 Å². The molecule has 2 heterocycles. The molecule has 0 spiro atoms. The molecule has 0 aliphatic carbocycles. The highest BCUT2D eigenvalue weighted by Gasteiger charge is 2.07. The molecule has 0 amide bonds. The van der Waals surface area contributed by atoms with E-state index in [9.17, 15) is 0 Å². The average Bonchev–Trinajstić information content (AvgIpc) is 2.29. The summed E-state index contributed by atoms with van der Waals surface area (Å²) in [6.07, 6.45) is 3.73. The van der Waals surface area contributed by atoms with E-state index in [0.29, 0.717) is 6.54 Å². The van der Waals surface area contributed by atoms with Crippen LogP contribution in [0.5, 0.6) is 0 Å². The number of rotatable bonds is 0. The molecule has 0 N–H and O–H groups in total. The minimum Gasteiger partial charge on any atom is -0.256 e. The monoisotopic (exact) mass is 180 g/mol. The number of hydrogen-bond donors (Lipinski definition) is 0. The van der Waals surface area contributed by atoms with E-state index in [1.54, 1.807) is 0 Å². The van der Waals surface area contributed by atoms with E-state index in [4.69, 9.17) is 0 Å². The van der Waals surface area contributed by atoms with Crippen molar-refractivity contribution in [2.24, 2.45) is 4.99 Å². The van der Waals surface area contributed by atoms with Crippen LogP contribution < -0.4 is 0 Å². The molecule has 1 aromatic carbocycles. The molecule has 14 heavy (non-hydrogen) atoms. The van der Waals surface area contributed by atoms with Gasteiger partial charge in [-0.05, 0) is 17.5 Å². The third-order valence-corrected chi connectivity index (χ3v) is 2.46. The Morgan fingerprint density at radius 1 is 1.21 bits per heavy atom. The van der Waals surface area contributed by atoms with Crippen molar-refractivity contribution in [3.63, 3.8) is 0 Å². The minimum absolute atomic E-state index is 0.695. The molecule has 1 aliphatic heterocycles. The minimum atomic E-state index is 0.695. The first-order valence-electron chi connectivity index (χ1n) is 4.57. The van der Waals surface area contributed by atoms with Crippen molar-refractivity contribution in [2.75, 3.05) is 0 Å². The van der Waals surface area contributed by atoms with Crippen LogP contribution in [-0.2, 0) is 6.54 Å². The lowest BCUT2D eigenvalue weighted by atomic mass is 10.0. The first kappa shape index (κ1) is 7.48. The first-order valence-corrected chi connectivity index (χ1v) is 4.57. The Morgan fingerprint density at radius 2 is 2.21 bits per heavy atom. The summed E-state index contributed by atoms with van der Waals surface area (Å²) in [5, 5.41) is 1.18. The first-order chi connectivity index (χ1) is 6.95. The van der Waals surface area contributed by atoms with Crippen molar-refractivity contribution in [1.29, 1.82) is 0 Å². The molecule has 0 atom stereocenters. The number of pyridine rings is 1. The maximum Gasteiger partial charge on any atom is 0.0761 e. The highest BCUT2D eigenvalue weighted by atomic mass is 14.7. The molecular weight excluding hydrogens is 172 g/mol. The third kappa shape index (κ3) is 0.983. The SMILES string of the molecule is C1=Cc2ccc3cccnc3c2CN=1. The molecule has 0 radical (unpaired) electrons. The Hall–Kier alpha value is -1.92. The van der Waals surface area contributed by atoms with E-state index in [-0.39, 0.29) is 0 Å². The predicted octanol–water partition coefficient (Wildman–Crippen LogP) is 2.43. The summed E-state index contributed by atoms with van der Waals surface area (Å²) in [6, 6.07) is 8.22. The van der Waals surface area contributed by atoms with E-state index in [0.717, 1.165) is 5.52 Å². The number of benzene rings is 1. The van der Waals surface area contributed by atoms with Crippen LogP contribution in [0.4, 0.5) is 0 Å². The molecule has 66 valence electrons. The van der Waals surface area contributed by atoms with Crippen molar-refractivity contribution in [1.82, 2.24) is 4.98 Å². The molecule has 0 saturated carbocycles. The van der Waals surface area contributed by atoms with E-state index in [1.807, 2.05) is 18.3 Å². The summed E-state index contributed by atoms with van der Waals surface area (Å²) in [5.41, 5.74) is 3.46. The van der Waals surface area contributed by atoms with E-state index < -0.39 is 0 Å². The van der Waals surface area contributed by atoms with Gasteiger partial charge in [0.15, 0.2) is 0 Å². The molecule has 0 bridgehead atoms. The second-order valence-electron chi connectivity index (χ2n) is 3.30. The molecule has 3 rings (SSSR count). The number of aromatic nitrogens is 1. The maximum atomic E-state index is 4.39. The second-order valence-corrected chi connectivity index (χ2v) is 3.30. The van der Waals surface area contributed by atoms with Crippen LogP contribution in [0, 0.1) is 0 Å². The number of nitrogens with zero attached hydrogens (tertiary/aromatic N) is 2. The van der Waals surface area contributed by atoms with Gasteiger partial charge in [-0.3, -0.25) is 4.98 Å². The van der Waals surface area contributed by atoms with Crippen LogP contribution in [0.3, 0.4) is 0 Å². The van der Waals surface area contributed by atoms with Gasteiger partial charge in [0, 0.05) is 23.2 Å². The highest BCUT2D eigenvalue weighted by molar-refractivity contribution is 5.90. The van der Waals surface area contributed by atoms with Gasteiger partial charge in [0.1, 0.15) is 0 Å². The molecular formula is C12H8N2. The summed E-state index contributed by atoms with van der Waals surface area (Å²) >= 11 is 0. The number of fused-ring (bicyclic) bond motifs is 3. The van der Waals surface area contributed by atoms with E-state index in [2.05, 4.69) is 34.0 Å². The maximum absolute atomic E-state index is 4.39. The van der Waals surface area contributed by atoms with Crippen molar-refractivity contribution in [2.45, 2.75) is 6.54 Å². The molecule has 0 fully saturated rings. The van der Waals surface area contributed by atoms with Crippen LogP contribution >= 0.6 is 0 Å². The Morgan fingerprint density at radius 3 is 3.21 bits per heavy atom. The number of hydrogen-bond acceptors (Lipinski definition) is 2. The highest BCUT2D eigenvalue weighted by Crippen LogP contribution is 2.23. The number of aliphatic imine (C=N–C) groups is 1. The second kappa shape index (κ2) is 2.79. The fourth-order valence-electron chi connectivity index (χ4n) is 1.76. The lowest BCUT2D eigenvalue weighted by Gasteiger charge is -2.08. The normalized spacial score (nSPS) is 13.1. The summed E-state index contributed by atoms with van der Waals surface area (Å²) in [4.78, 5) is 8.51. The van der Waals surface area contributed by atoms with Gasteiger partial charge in [-0.15, -0.1) is 0 Å². The molecule has 1 aliphatic rings. The zero-order chi connectivity index (χ0) is 9.38. The van der Waals surface area contributed by atoms with Crippen molar-refractivity contribution >= 4 is 22.8 Å². The largest absolute Gasteiger partial charge is 0.256 e. The predicted molar refractivity (Wildman–Crippen MR) is 57.3 cm³/mol. The quantitative estimate of drug-likeness (QED) is 0.611. The fourth-order valence-corrected chi connectivity index (χ4v) is 1.76. The standard InChI is InChI=1S/C12H8N2/c1-2-10-4-3-9-5-7-13-8-11(9)12(10)14-6-1/h1-6H,8H2. The van der Waals surface area contributed by atoms with Crippen molar-refractivity contribution < 1.29 is 0 Å². The van der Waals surface area contributed by atoms with Crippen molar-refractivity contribution in [3.05, 3.63) is 41.6 Å². The van der Waals surface area contributed by atoms with Gasteiger partial charge in [0.05, 0.1) is 12.1 Å². The summed E-state index contributed by atoms with van der Waals surface area (Å²) in [6.45, 7) is 0.695. The zero-order valence-electron chi connectivity index (χ0n) is 7.57. The van der Waals surface area contributed by atoms with E-state index >= 15 is 0 Å². The fraction of sp³-hybridized carbons (Fsp3) is 0.0833. The topological polar surface area (TPSA) is 25.2 Å². The van der Waals surface area contributed by atoms with Crippen LogP contribution in [-0.4, -0.2) is 10.9 Å². The van der Waals surface area contributed by atoms with E-state index in [1.165, 1.54) is 16.5 Å². The molecule has 2 aromatic rings. The summed E-state index contributed by atoms with van der Waals surface area (Å²) in [5.74, 6) is 2.88. The lowest BCUT2D eigenvalue weighted by Crippen LogP contribution is -1.94. The van der Waals surface area contributed by atoms with Gasteiger partial charge in [-0.1, -0.05) is 18.2 Å². The Labute approximate surface area is 81.6 Å². The van der Waals surface area contributed by atoms with Gasteiger partial charge >= 0.3 is 0 Å². The van der Waals surface area contributed by atoms with Crippen LogP contribution in [0.1, 0.15) is 11.1 Å². The van der Waals surface area contributed by atoms with Crippen LogP contribution in [0.25, 0.3) is 17.0 Å². The average molecular weight is 180 g/mol. The molecule has 1 aromatic heterocycles. The van der Waals surface area contributed by atoms with Gasteiger partial charge in [-0.25, -0.2) is 4.99 Å². The lowest BCUT2D eigenvalue weighted by molar-refractivity contribution is 1.07. The summed E-state index contributed by atoms with van der Waals surface area (Å²) in [7, 11) is 0. The third-order valence-electron chi connectivity index (χ3n) is 2.46. The molecule has 0 unspecified atom stereocenters. The Kier molecular flexibility index (Phi) is 1.49. The molecule has 2 nitrogen and oxygen atoms in total. The summed E-state index contributed by atoms with van der Waals surface area (Å²) < 4.78 is 0. The molecule has 0 saturated heterocycles. The van der Waals surface area contributed by atoms with Crippen LogP contribution in [0.15, 0.2) is 35.5 Å². The Bertz CT molecular complexity index is 564. The Balaban J connectivity index is 2.44. The van der Waals surface area contributed by atoms with Crippen molar-refractivity contribution in [3.8, 4) is 0 Å². The van der Waals surface area contributed by atoms with Gasteiger partial charge < -0.3 is 0 Å². The molecule has 2 heteroatoms. The van der Waals surface area contributed by atoms with Crippen LogP contribution in [0.2, 0.25) is 0 Å². The van der Waals surface area contributed by atoms with Gasteiger partial charge in [0.25, 0.3) is 0 Å². The zero-order valence-corrected chi connectivity index (χ0v) is 7.57. The smallest absolute Gasteiger partial charge is 0.0761 e.